The van der Waals surface area contributed by atoms with Gasteiger partial charge in [-0.3, -0.25) is 4.79 Å². The summed E-state index contributed by atoms with van der Waals surface area (Å²) in [7, 11) is 1.33. The Balaban J connectivity index is 2.49. The number of esters is 1. The van der Waals surface area contributed by atoms with Crippen molar-refractivity contribution in [1.82, 2.24) is 10.6 Å². The summed E-state index contributed by atoms with van der Waals surface area (Å²) in [5.41, 5.74) is 0. The highest BCUT2D eigenvalue weighted by molar-refractivity contribution is 5.86. The molecule has 1 aliphatic rings. The zero-order chi connectivity index (χ0) is 11.4. The molecule has 1 amide bonds. The number of nitrogens with one attached hydrogen (secondary N) is 2. The lowest BCUT2D eigenvalue weighted by Crippen LogP contribution is -2.55. The van der Waals surface area contributed by atoms with E-state index >= 15 is 0 Å². The Morgan fingerprint density at radius 3 is 2.33 bits per heavy atom. The van der Waals surface area contributed by atoms with E-state index in [1.807, 2.05) is 13.8 Å². The van der Waals surface area contributed by atoms with Crippen molar-refractivity contribution in [2.45, 2.75) is 19.9 Å². The Labute approximate surface area is 89.6 Å². The molecule has 1 rings (SSSR count). The highest BCUT2D eigenvalue weighted by Crippen LogP contribution is 2.07. The van der Waals surface area contributed by atoms with Crippen LogP contribution in [0.3, 0.4) is 0 Å². The van der Waals surface area contributed by atoms with Crippen LogP contribution in [0.2, 0.25) is 0 Å². The summed E-state index contributed by atoms with van der Waals surface area (Å²) in [6.45, 7) is 5.14. The molecule has 0 aromatic heterocycles. The van der Waals surface area contributed by atoms with E-state index < -0.39 is 6.04 Å². The van der Waals surface area contributed by atoms with Crippen molar-refractivity contribution in [1.29, 1.82) is 0 Å². The third-order valence-corrected chi connectivity index (χ3v) is 2.57. The minimum Gasteiger partial charge on any atom is -0.467 e. The number of methoxy groups -OCH3 is 1. The predicted molar refractivity (Wildman–Crippen MR) is 55.1 cm³/mol. The van der Waals surface area contributed by atoms with E-state index in [4.69, 9.17) is 0 Å². The second-order valence-electron chi connectivity index (χ2n) is 4.11. The first kappa shape index (κ1) is 12.0. The van der Waals surface area contributed by atoms with Crippen LogP contribution in [0.4, 0.5) is 0 Å². The number of rotatable bonds is 4. The largest absolute Gasteiger partial charge is 0.467 e. The molecule has 0 spiro atoms. The Morgan fingerprint density at radius 1 is 1.40 bits per heavy atom. The second kappa shape index (κ2) is 5.11. The van der Waals surface area contributed by atoms with Gasteiger partial charge < -0.3 is 15.4 Å². The average Bonchev–Trinajstić information content (AvgIpc) is 2.09. The molecular weight excluding hydrogens is 196 g/mol. The van der Waals surface area contributed by atoms with Gasteiger partial charge in [-0.25, -0.2) is 4.79 Å². The van der Waals surface area contributed by atoms with Crippen molar-refractivity contribution < 1.29 is 14.3 Å². The zero-order valence-corrected chi connectivity index (χ0v) is 9.37. The first-order valence-corrected chi connectivity index (χ1v) is 5.15. The van der Waals surface area contributed by atoms with Gasteiger partial charge in [-0.1, -0.05) is 13.8 Å². The van der Waals surface area contributed by atoms with E-state index in [2.05, 4.69) is 15.4 Å². The fraction of sp³-hybridized carbons (Fsp3) is 0.800. The molecular formula is C10H18N2O3. The summed E-state index contributed by atoms with van der Waals surface area (Å²) >= 11 is 0. The van der Waals surface area contributed by atoms with Crippen molar-refractivity contribution in [2.24, 2.45) is 11.8 Å². The van der Waals surface area contributed by atoms with Gasteiger partial charge in [0.25, 0.3) is 0 Å². The Kier molecular flexibility index (Phi) is 4.08. The Bertz CT molecular complexity index is 249. The van der Waals surface area contributed by atoms with Crippen LogP contribution in [-0.4, -0.2) is 38.1 Å². The van der Waals surface area contributed by atoms with Crippen molar-refractivity contribution >= 4 is 11.9 Å². The molecule has 0 unspecified atom stereocenters. The maximum atomic E-state index is 11.6. The molecule has 0 aromatic carbocycles. The molecule has 5 nitrogen and oxygen atoms in total. The molecule has 0 bridgehead atoms. The van der Waals surface area contributed by atoms with Crippen molar-refractivity contribution in [3.63, 3.8) is 0 Å². The van der Waals surface area contributed by atoms with Gasteiger partial charge >= 0.3 is 5.97 Å². The summed E-state index contributed by atoms with van der Waals surface area (Å²) in [6, 6.07) is -0.539. The van der Waals surface area contributed by atoms with E-state index in [0.717, 1.165) is 0 Å². The molecule has 2 N–H and O–H groups in total. The SMILES string of the molecule is COC(=O)[C@@H](NC(=O)C1CNC1)C(C)C. The number of ether oxygens (including phenoxy) is 1. The maximum Gasteiger partial charge on any atom is 0.328 e. The number of hydrogen-bond acceptors (Lipinski definition) is 4. The van der Waals surface area contributed by atoms with E-state index in [1.165, 1.54) is 7.11 Å². The van der Waals surface area contributed by atoms with Gasteiger partial charge in [0.05, 0.1) is 13.0 Å². The van der Waals surface area contributed by atoms with E-state index in [1.54, 1.807) is 0 Å². The summed E-state index contributed by atoms with van der Waals surface area (Å²) in [4.78, 5) is 23.0. The molecule has 5 heteroatoms. The molecule has 1 fully saturated rings. The first-order chi connectivity index (χ1) is 7.06. The minimum absolute atomic E-state index is 0.00379. The van der Waals surface area contributed by atoms with Crippen LogP contribution in [0.25, 0.3) is 0 Å². The van der Waals surface area contributed by atoms with Crippen LogP contribution >= 0.6 is 0 Å². The molecule has 1 heterocycles. The molecule has 15 heavy (non-hydrogen) atoms. The Hall–Kier alpha value is -1.10. The summed E-state index contributed by atoms with van der Waals surface area (Å²) in [5, 5.41) is 5.73. The molecule has 1 saturated heterocycles. The molecule has 0 aromatic rings. The maximum absolute atomic E-state index is 11.6. The first-order valence-electron chi connectivity index (χ1n) is 5.15. The number of hydrogen-bond donors (Lipinski definition) is 2. The lowest BCUT2D eigenvalue weighted by molar-refractivity contribution is -0.147. The van der Waals surface area contributed by atoms with Crippen molar-refractivity contribution in [3.8, 4) is 0 Å². The number of carbonyl (C=O) groups excluding carboxylic acids is 2. The monoisotopic (exact) mass is 214 g/mol. The standard InChI is InChI=1S/C10H18N2O3/c1-6(2)8(10(14)15-3)12-9(13)7-4-11-5-7/h6-8,11H,4-5H2,1-3H3,(H,12,13)/t8-/m0/s1. The number of carbonyl (C=O) groups is 2. The number of amides is 1. The average molecular weight is 214 g/mol. The molecule has 1 atom stereocenters. The lowest BCUT2D eigenvalue weighted by atomic mass is 9.99. The van der Waals surface area contributed by atoms with Crippen LogP contribution < -0.4 is 10.6 Å². The minimum atomic E-state index is -0.539. The summed E-state index contributed by atoms with van der Waals surface area (Å²) in [6.07, 6.45) is 0. The molecule has 1 aliphatic heterocycles. The topological polar surface area (TPSA) is 67.4 Å². The fourth-order valence-electron chi connectivity index (χ4n) is 1.37. The van der Waals surface area contributed by atoms with Crippen LogP contribution in [0, 0.1) is 11.8 Å². The van der Waals surface area contributed by atoms with Crippen LogP contribution in [-0.2, 0) is 14.3 Å². The third-order valence-electron chi connectivity index (χ3n) is 2.57. The van der Waals surface area contributed by atoms with Crippen LogP contribution in [0.1, 0.15) is 13.8 Å². The van der Waals surface area contributed by atoms with Gasteiger partial charge in [0, 0.05) is 13.1 Å². The van der Waals surface area contributed by atoms with Crippen LogP contribution in [0.15, 0.2) is 0 Å². The highest BCUT2D eigenvalue weighted by Gasteiger charge is 2.30. The summed E-state index contributed by atoms with van der Waals surface area (Å²) in [5.74, 6) is -0.422. The summed E-state index contributed by atoms with van der Waals surface area (Å²) < 4.78 is 4.64. The van der Waals surface area contributed by atoms with Gasteiger partial charge in [-0.15, -0.1) is 0 Å². The molecule has 0 saturated carbocycles. The predicted octanol–water partition coefficient (Wildman–Crippen LogP) is -0.480. The van der Waals surface area contributed by atoms with Crippen molar-refractivity contribution in [3.05, 3.63) is 0 Å². The smallest absolute Gasteiger partial charge is 0.328 e. The molecule has 0 radical (unpaired) electrons. The van der Waals surface area contributed by atoms with Gasteiger partial charge in [-0.2, -0.15) is 0 Å². The Morgan fingerprint density at radius 2 is 2.00 bits per heavy atom. The van der Waals surface area contributed by atoms with Crippen molar-refractivity contribution in [2.75, 3.05) is 20.2 Å². The van der Waals surface area contributed by atoms with Gasteiger partial charge in [-0.05, 0) is 5.92 Å². The molecule has 86 valence electrons. The van der Waals surface area contributed by atoms with E-state index in [-0.39, 0.29) is 23.7 Å². The zero-order valence-electron chi connectivity index (χ0n) is 9.37. The fourth-order valence-corrected chi connectivity index (χ4v) is 1.37. The quantitative estimate of drug-likeness (QED) is 0.620. The van der Waals surface area contributed by atoms with Gasteiger partial charge in [0.15, 0.2) is 0 Å². The van der Waals surface area contributed by atoms with Crippen LogP contribution in [0.5, 0.6) is 0 Å². The van der Waals surface area contributed by atoms with Gasteiger partial charge in [0.1, 0.15) is 6.04 Å². The third kappa shape index (κ3) is 2.92. The molecule has 0 aliphatic carbocycles. The van der Waals surface area contributed by atoms with Gasteiger partial charge in [0.2, 0.25) is 5.91 Å². The van der Waals surface area contributed by atoms with E-state index in [0.29, 0.717) is 13.1 Å². The normalized spacial score (nSPS) is 18.1. The highest BCUT2D eigenvalue weighted by atomic mass is 16.5. The lowest BCUT2D eigenvalue weighted by Gasteiger charge is -2.28. The second-order valence-corrected chi connectivity index (χ2v) is 4.11. The van der Waals surface area contributed by atoms with E-state index in [9.17, 15) is 9.59 Å².